The third-order valence-electron chi connectivity index (χ3n) is 4.58. The van der Waals surface area contributed by atoms with Crippen LogP contribution in [-0.4, -0.2) is 6.61 Å². The number of rotatable bonds is 2. The summed E-state index contributed by atoms with van der Waals surface area (Å²) in [7, 11) is 0. The molecular formula is C16H21BrO. The Kier molecular flexibility index (Phi) is 2.61. The number of hydrogen-bond donors (Lipinski definition) is 0. The summed E-state index contributed by atoms with van der Waals surface area (Å²) >= 11 is 3.89. The van der Waals surface area contributed by atoms with E-state index in [1.165, 1.54) is 17.5 Å². The van der Waals surface area contributed by atoms with E-state index in [1.54, 1.807) is 0 Å². The molecule has 1 aromatic carbocycles. The molecule has 18 heavy (non-hydrogen) atoms. The second kappa shape index (κ2) is 3.75. The van der Waals surface area contributed by atoms with Crippen LogP contribution >= 0.6 is 15.9 Å². The number of halogens is 1. The van der Waals surface area contributed by atoms with Gasteiger partial charge >= 0.3 is 0 Å². The fourth-order valence-electron chi connectivity index (χ4n) is 2.95. The number of alkyl halides is 1. The molecule has 1 saturated carbocycles. The molecule has 1 aliphatic heterocycles. The zero-order valence-corrected chi connectivity index (χ0v) is 13.2. The van der Waals surface area contributed by atoms with Crippen LogP contribution in [0.1, 0.15) is 50.1 Å². The van der Waals surface area contributed by atoms with Gasteiger partial charge in [-0.25, -0.2) is 0 Å². The van der Waals surface area contributed by atoms with Gasteiger partial charge in [-0.1, -0.05) is 55.8 Å². The summed E-state index contributed by atoms with van der Waals surface area (Å²) in [5, 5.41) is 0. The molecule has 0 spiro atoms. The number of hydrogen-bond acceptors (Lipinski definition) is 1. The second-order valence-electron chi connectivity index (χ2n) is 7.13. The van der Waals surface area contributed by atoms with Crippen molar-refractivity contribution in [1.29, 1.82) is 0 Å². The number of ether oxygens (including phenoxy) is 1. The Balaban J connectivity index is 1.91. The third-order valence-corrected chi connectivity index (χ3v) is 5.75. The standard InChI is InChI=1S/C16H21BrO/c1-15(2)8-12(15)14(17)10-5-6-13-11(7-10)16(3,4)9-18-13/h5-7,12,14H,8-9H2,1-4H3. The van der Waals surface area contributed by atoms with E-state index in [2.05, 4.69) is 61.8 Å². The van der Waals surface area contributed by atoms with Gasteiger partial charge in [-0.2, -0.15) is 0 Å². The van der Waals surface area contributed by atoms with E-state index in [0.717, 1.165) is 18.3 Å². The highest BCUT2D eigenvalue weighted by atomic mass is 79.9. The Hall–Kier alpha value is -0.500. The van der Waals surface area contributed by atoms with Gasteiger partial charge in [-0.15, -0.1) is 0 Å². The van der Waals surface area contributed by atoms with Crippen LogP contribution in [0.15, 0.2) is 18.2 Å². The molecule has 1 aliphatic carbocycles. The van der Waals surface area contributed by atoms with Gasteiger partial charge < -0.3 is 4.74 Å². The summed E-state index contributed by atoms with van der Waals surface area (Å²) in [5.74, 6) is 1.83. The van der Waals surface area contributed by atoms with Crippen LogP contribution in [0.4, 0.5) is 0 Å². The number of benzene rings is 1. The van der Waals surface area contributed by atoms with Crippen molar-refractivity contribution in [1.82, 2.24) is 0 Å². The molecule has 2 unspecified atom stereocenters. The molecule has 98 valence electrons. The molecule has 1 heterocycles. The molecule has 0 radical (unpaired) electrons. The predicted octanol–water partition coefficient (Wildman–Crippen LogP) is 4.84. The monoisotopic (exact) mass is 308 g/mol. The van der Waals surface area contributed by atoms with Crippen molar-refractivity contribution in [3.05, 3.63) is 29.3 Å². The van der Waals surface area contributed by atoms with Crippen LogP contribution in [0.3, 0.4) is 0 Å². The number of fused-ring (bicyclic) bond motifs is 1. The highest BCUT2D eigenvalue weighted by Crippen LogP contribution is 2.60. The lowest BCUT2D eigenvalue weighted by atomic mass is 9.85. The van der Waals surface area contributed by atoms with Crippen LogP contribution in [0, 0.1) is 11.3 Å². The second-order valence-corrected chi connectivity index (χ2v) is 8.12. The first-order valence-corrected chi connectivity index (χ1v) is 7.64. The van der Waals surface area contributed by atoms with Gasteiger partial charge in [0.1, 0.15) is 5.75 Å². The lowest BCUT2D eigenvalue weighted by Crippen LogP contribution is -2.18. The first-order chi connectivity index (χ1) is 8.31. The summed E-state index contributed by atoms with van der Waals surface area (Å²) in [6, 6.07) is 6.70. The molecule has 2 atom stereocenters. The lowest BCUT2D eigenvalue weighted by Gasteiger charge is -2.18. The first kappa shape index (κ1) is 12.5. The summed E-state index contributed by atoms with van der Waals surface area (Å²) in [6.45, 7) is 10.0. The molecule has 1 nitrogen and oxygen atoms in total. The van der Waals surface area contributed by atoms with E-state index in [-0.39, 0.29) is 5.41 Å². The SMILES string of the molecule is CC1(C)COc2ccc(C(Br)C3CC3(C)C)cc21. The predicted molar refractivity (Wildman–Crippen MR) is 78.5 cm³/mol. The van der Waals surface area contributed by atoms with Crippen molar-refractivity contribution in [3.63, 3.8) is 0 Å². The molecule has 2 aliphatic rings. The molecule has 0 aromatic heterocycles. The molecule has 1 fully saturated rings. The van der Waals surface area contributed by atoms with Crippen LogP contribution in [0.25, 0.3) is 0 Å². The van der Waals surface area contributed by atoms with Crippen LogP contribution in [0.5, 0.6) is 5.75 Å². The Morgan fingerprint density at radius 3 is 2.56 bits per heavy atom. The van der Waals surface area contributed by atoms with Gasteiger partial charge in [0.05, 0.1) is 6.61 Å². The van der Waals surface area contributed by atoms with E-state index < -0.39 is 0 Å². The smallest absolute Gasteiger partial charge is 0.123 e. The van der Waals surface area contributed by atoms with Gasteiger partial charge in [0, 0.05) is 15.8 Å². The van der Waals surface area contributed by atoms with Gasteiger partial charge in [0.15, 0.2) is 0 Å². The Morgan fingerprint density at radius 2 is 1.94 bits per heavy atom. The van der Waals surface area contributed by atoms with Crippen molar-refractivity contribution in [2.45, 2.75) is 44.4 Å². The largest absolute Gasteiger partial charge is 0.492 e. The molecule has 1 aromatic rings. The van der Waals surface area contributed by atoms with Crippen LogP contribution in [-0.2, 0) is 5.41 Å². The van der Waals surface area contributed by atoms with Crippen LogP contribution in [0.2, 0.25) is 0 Å². The highest BCUT2D eigenvalue weighted by molar-refractivity contribution is 9.09. The average Bonchev–Trinajstić information content (AvgIpc) is 2.83. The maximum absolute atomic E-state index is 5.75. The minimum atomic E-state index is 0.150. The van der Waals surface area contributed by atoms with Gasteiger partial charge in [0.25, 0.3) is 0 Å². The van der Waals surface area contributed by atoms with E-state index in [4.69, 9.17) is 4.74 Å². The van der Waals surface area contributed by atoms with E-state index in [9.17, 15) is 0 Å². The Morgan fingerprint density at radius 1 is 1.28 bits per heavy atom. The zero-order valence-electron chi connectivity index (χ0n) is 11.6. The van der Waals surface area contributed by atoms with Crippen LogP contribution < -0.4 is 4.74 Å². The maximum Gasteiger partial charge on any atom is 0.123 e. The maximum atomic E-state index is 5.75. The normalized spacial score (nSPS) is 28.4. The summed E-state index contributed by atoms with van der Waals surface area (Å²) in [4.78, 5) is 0.481. The average molecular weight is 309 g/mol. The lowest BCUT2D eigenvalue weighted by molar-refractivity contribution is 0.291. The van der Waals surface area contributed by atoms with Gasteiger partial charge in [-0.05, 0) is 29.4 Å². The van der Waals surface area contributed by atoms with Crippen molar-refractivity contribution in [2.75, 3.05) is 6.61 Å². The molecule has 0 amide bonds. The van der Waals surface area contributed by atoms with Crippen molar-refractivity contribution >= 4 is 15.9 Å². The molecule has 2 heteroatoms. The molecule has 0 saturated heterocycles. The minimum absolute atomic E-state index is 0.150. The Labute approximate surface area is 118 Å². The molecule has 0 bridgehead atoms. The van der Waals surface area contributed by atoms with E-state index in [0.29, 0.717) is 10.2 Å². The fourth-order valence-corrected chi connectivity index (χ4v) is 4.14. The zero-order chi connectivity index (χ0) is 13.1. The summed E-state index contributed by atoms with van der Waals surface area (Å²) < 4.78 is 5.75. The quantitative estimate of drug-likeness (QED) is 0.710. The minimum Gasteiger partial charge on any atom is -0.492 e. The first-order valence-electron chi connectivity index (χ1n) is 6.73. The fraction of sp³-hybridized carbons (Fsp3) is 0.625. The summed E-state index contributed by atoms with van der Waals surface area (Å²) in [6.07, 6.45) is 1.32. The van der Waals surface area contributed by atoms with E-state index in [1.807, 2.05) is 0 Å². The van der Waals surface area contributed by atoms with E-state index >= 15 is 0 Å². The third kappa shape index (κ3) is 1.89. The summed E-state index contributed by atoms with van der Waals surface area (Å²) in [5.41, 5.74) is 3.42. The van der Waals surface area contributed by atoms with Crippen molar-refractivity contribution in [3.8, 4) is 5.75 Å². The molecule has 0 N–H and O–H groups in total. The highest BCUT2D eigenvalue weighted by Gasteiger charge is 2.49. The van der Waals surface area contributed by atoms with Crippen molar-refractivity contribution < 1.29 is 4.74 Å². The van der Waals surface area contributed by atoms with Gasteiger partial charge in [0.2, 0.25) is 0 Å². The topological polar surface area (TPSA) is 9.23 Å². The van der Waals surface area contributed by atoms with Gasteiger partial charge in [-0.3, -0.25) is 0 Å². The van der Waals surface area contributed by atoms with Crippen molar-refractivity contribution in [2.24, 2.45) is 11.3 Å². The molecular weight excluding hydrogens is 288 g/mol. The molecule has 3 rings (SSSR count). The Bertz CT molecular complexity index is 490.